The number of likely N-dealkylation sites (tertiary alicyclic amines) is 1. The van der Waals surface area contributed by atoms with Gasteiger partial charge in [0.2, 0.25) is 0 Å². The minimum Gasteiger partial charge on any atom is -0.382 e. The van der Waals surface area contributed by atoms with Gasteiger partial charge in [0, 0.05) is 11.9 Å². The van der Waals surface area contributed by atoms with Crippen LogP contribution in [0.5, 0.6) is 0 Å². The van der Waals surface area contributed by atoms with Crippen molar-refractivity contribution in [2.24, 2.45) is 0 Å². The average Bonchev–Trinajstić information content (AvgIpc) is 3.16. The third kappa shape index (κ3) is 2.52. The van der Waals surface area contributed by atoms with E-state index in [1.54, 1.807) is 11.0 Å². The first-order valence-corrected chi connectivity index (χ1v) is 7.89. The number of carbonyl (C=O) groups excluding carboxylic acids is 1. The Hall–Kier alpha value is -2.80. The maximum Gasteiger partial charge on any atom is 0.272 e. The summed E-state index contributed by atoms with van der Waals surface area (Å²) in [6, 6.07) is 11.3. The molecule has 3 heterocycles. The Morgan fingerprint density at radius 1 is 1.25 bits per heavy atom. The van der Waals surface area contributed by atoms with Gasteiger partial charge in [-0.25, -0.2) is 4.98 Å². The zero-order chi connectivity index (χ0) is 16.6. The van der Waals surface area contributed by atoms with E-state index in [1.165, 1.54) is 6.20 Å². The molecule has 1 aromatic carbocycles. The van der Waals surface area contributed by atoms with Gasteiger partial charge < -0.3 is 10.0 Å². The number of pyridine rings is 1. The third-order valence-corrected chi connectivity index (χ3v) is 4.47. The van der Waals surface area contributed by atoms with Gasteiger partial charge in [0.15, 0.2) is 0 Å². The molecule has 1 amide bonds. The van der Waals surface area contributed by atoms with Gasteiger partial charge in [0.05, 0.1) is 18.3 Å². The summed E-state index contributed by atoms with van der Waals surface area (Å²) in [5.41, 5.74) is 0.467. The van der Waals surface area contributed by atoms with Gasteiger partial charge in [-0.3, -0.25) is 4.79 Å². The lowest BCUT2D eigenvalue weighted by atomic mass is 9.90. The topological polar surface area (TPSA) is 95.0 Å². The Balaban J connectivity index is 1.61. The van der Waals surface area contributed by atoms with Crippen LogP contribution < -0.4 is 0 Å². The van der Waals surface area contributed by atoms with Crippen molar-refractivity contribution in [3.8, 4) is 0 Å². The Bertz CT molecular complexity index is 880. The van der Waals surface area contributed by atoms with Gasteiger partial charge >= 0.3 is 0 Å². The molecule has 1 unspecified atom stereocenters. The Labute approximate surface area is 138 Å². The van der Waals surface area contributed by atoms with Crippen molar-refractivity contribution >= 4 is 16.8 Å². The number of carbonyl (C=O) groups is 1. The third-order valence-electron chi connectivity index (χ3n) is 4.47. The number of fused-ring (bicyclic) bond motifs is 1. The second-order valence-corrected chi connectivity index (χ2v) is 6.11. The number of hydrogen-bond acceptors (Lipinski definition) is 5. The van der Waals surface area contributed by atoms with Crippen LogP contribution in [-0.2, 0) is 5.60 Å². The predicted molar refractivity (Wildman–Crippen MR) is 87.2 cm³/mol. The number of para-hydroxylation sites is 1. The van der Waals surface area contributed by atoms with Crippen molar-refractivity contribution < 1.29 is 9.90 Å². The van der Waals surface area contributed by atoms with Crippen LogP contribution >= 0.6 is 0 Å². The number of aromatic nitrogens is 4. The molecule has 122 valence electrons. The zero-order valence-electron chi connectivity index (χ0n) is 13.0. The molecule has 0 saturated carbocycles. The van der Waals surface area contributed by atoms with Gasteiger partial charge in [-0.05, 0) is 25.0 Å². The molecule has 2 aromatic heterocycles. The molecule has 0 radical (unpaired) electrons. The molecule has 4 rings (SSSR count). The van der Waals surface area contributed by atoms with Crippen LogP contribution in [0.4, 0.5) is 0 Å². The van der Waals surface area contributed by atoms with E-state index < -0.39 is 5.60 Å². The molecular formula is C17H17N5O2. The first-order chi connectivity index (χ1) is 11.7. The zero-order valence-corrected chi connectivity index (χ0v) is 13.0. The number of rotatable bonds is 2. The number of aromatic amines is 1. The lowest BCUT2D eigenvalue weighted by Crippen LogP contribution is -2.48. The SMILES string of the molecule is O=C(c1ccc2ccccc2n1)N1CCCC(O)(c2cn[nH]n2)C1. The van der Waals surface area contributed by atoms with Gasteiger partial charge in [-0.2, -0.15) is 15.4 Å². The van der Waals surface area contributed by atoms with Crippen molar-refractivity contribution in [2.45, 2.75) is 18.4 Å². The van der Waals surface area contributed by atoms with Crippen LogP contribution in [0, 0.1) is 0 Å². The smallest absolute Gasteiger partial charge is 0.272 e. The molecule has 1 atom stereocenters. The predicted octanol–water partition coefficient (Wildman–Crippen LogP) is 1.48. The highest BCUT2D eigenvalue weighted by Gasteiger charge is 2.39. The summed E-state index contributed by atoms with van der Waals surface area (Å²) in [4.78, 5) is 18.9. The van der Waals surface area contributed by atoms with Crippen molar-refractivity contribution in [3.63, 3.8) is 0 Å². The van der Waals surface area contributed by atoms with Crippen LogP contribution in [-0.4, -0.2) is 49.4 Å². The Morgan fingerprint density at radius 2 is 2.12 bits per heavy atom. The van der Waals surface area contributed by atoms with Crippen molar-refractivity contribution in [1.82, 2.24) is 25.3 Å². The molecule has 0 bridgehead atoms. The van der Waals surface area contributed by atoms with Gasteiger partial charge in [-0.15, -0.1) is 0 Å². The number of nitrogens with one attached hydrogen (secondary N) is 1. The fourth-order valence-corrected chi connectivity index (χ4v) is 3.19. The van der Waals surface area contributed by atoms with E-state index in [1.807, 2.05) is 30.3 Å². The van der Waals surface area contributed by atoms with Gasteiger partial charge in [0.1, 0.15) is 17.0 Å². The quantitative estimate of drug-likeness (QED) is 0.745. The van der Waals surface area contributed by atoms with Crippen molar-refractivity contribution in [3.05, 3.63) is 54.0 Å². The lowest BCUT2D eigenvalue weighted by molar-refractivity contribution is -0.0321. The second kappa shape index (κ2) is 5.68. The monoisotopic (exact) mass is 323 g/mol. The molecule has 0 spiro atoms. The van der Waals surface area contributed by atoms with Crippen LogP contribution in [0.15, 0.2) is 42.6 Å². The number of piperidine rings is 1. The number of benzene rings is 1. The first-order valence-electron chi connectivity index (χ1n) is 7.89. The lowest BCUT2D eigenvalue weighted by Gasteiger charge is -2.37. The molecule has 7 heteroatoms. The Morgan fingerprint density at radius 3 is 2.96 bits per heavy atom. The highest BCUT2D eigenvalue weighted by atomic mass is 16.3. The van der Waals surface area contributed by atoms with Crippen LogP contribution in [0.1, 0.15) is 29.0 Å². The normalized spacial score (nSPS) is 21.1. The van der Waals surface area contributed by atoms with Crippen LogP contribution in [0.3, 0.4) is 0 Å². The van der Waals surface area contributed by atoms with Crippen molar-refractivity contribution in [1.29, 1.82) is 0 Å². The molecule has 1 saturated heterocycles. The number of hydrogen-bond donors (Lipinski definition) is 2. The summed E-state index contributed by atoms with van der Waals surface area (Å²) in [7, 11) is 0. The van der Waals surface area contributed by atoms with Gasteiger partial charge in [0.25, 0.3) is 5.91 Å². The van der Waals surface area contributed by atoms with Crippen LogP contribution in [0.2, 0.25) is 0 Å². The second-order valence-electron chi connectivity index (χ2n) is 6.11. The molecule has 1 aliphatic rings. The highest BCUT2D eigenvalue weighted by molar-refractivity contribution is 5.95. The van der Waals surface area contributed by atoms with E-state index in [9.17, 15) is 9.90 Å². The van der Waals surface area contributed by atoms with E-state index in [-0.39, 0.29) is 12.5 Å². The molecule has 7 nitrogen and oxygen atoms in total. The summed E-state index contributed by atoms with van der Waals surface area (Å²) < 4.78 is 0. The summed E-state index contributed by atoms with van der Waals surface area (Å²) in [6.45, 7) is 0.778. The molecule has 1 fully saturated rings. The fourth-order valence-electron chi connectivity index (χ4n) is 3.19. The fraction of sp³-hybridized carbons (Fsp3) is 0.294. The van der Waals surface area contributed by atoms with E-state index in [0.717, 1.165) is 10.9 Å². The first kappa shape index (κ1) is 14.8. The standard InChI is InChI=1S/C17H17N5O2/c23-16(14-7-6-12-4-1-2-5-13(12)19-14)22-9-3-8-17(24,11-22)15-10-18-21-20-15/h1-2,4-7,10,24H,3,8-9,11H2,(H,18,20,21). The molecule has 2 N–H and O–H groups in total. The maximum atomic E-state index is 12.8. The van der Waals surface area contributed by atoms with Crippen molar-refractivity contribution in [2.75, 3.05) is 13.1 Å². The molecule has 0 aliphatic carbocycles. The Kier molecular flexibility index (Phi) is 3.50. The summed E-state index contributed by atoms with van der Waals surface area (Å²) in [5, 5.41) is 22.1. The number of aliphatic hydroxyl groups is 1. The molecule has 3 aromatic rings. The largest absolute Gasteiger partial charge is 0.382 e. The van der Waals surface area contributed by atoms with Crippen LogP contribution in [0.25, 0.3) is 10.9 Å². The van der Waals surface area contributed by atoms with E-state index in [0.29, 0.717) is 30.8 Å². The van der Waals surface area contributed by atoms with E-state index >= 15 is 0 Å². The van der Waals surface area contributed by atoms with E-state index in [2.05, 4.69) is 20.4 Å². The number of β-amino-alcohol motifs (C(OH)–C–C–N with tert-alkyl or cyclic N) is 1. The minimum absolute atomic E-state index is 0.178. The number of amides is 1. The molecule has 24 heavy (non-hydrogen) atoms. The number of nitrogens with zero attached hydrogens (tertiary/aromatic N) is 4. The highest BCUT2D eigenvalue weighted by Crippen LogP contribution is 2.30. The van der Waals surface area contributed by atoms with Gasteiger partial charge in [-0.1, -0.05) is 24.3 Å². The molecular weight excluding hydrogens is 306 g/mol. The summed E-state index contributed by atoms with van der Waals surface area (Å²) in [6.07, 6.45) is 2.75. The average molecular weight is 323 g/mol. The number of H-pyrrole nitrogens is 1. The van der Waals surface area contributed by atoms with E-state index in [4.69, 9.17) is 0 Å². The minimum atomic E-state index is -1.17. The summed E-state index contributed by atoms with van der Waals surface area (Å²) >= 11 is 0. The maximum absolute atomic E-state index is 12.8. The molecule has 1 aliphatic heterocycles. The summed E-state index contributed by atoms with van der Waals surface area (Å²) in [5.74, 6) is -0.178.